The quantitative estimate of drug-likeness (QED) is 0.804. The molecule has 2 N–H and O–H groups in total. The Kier molecular flexibility index (Phi) is 3.74. The van der Waals surface area contributed by atoms with Crippen molar-refractivity contribution >= 4 is 0 Å². The summed E-state index contributed by atoms with van der Waals surface area (Å²) in [5.41, 5.74) is 0.848. The second-order valence-electron chi connectivity index (χ2n) is 3.84. The Bertz CT molecular complexity index is 497. The SMILES string of the molecule is CNC(C)Oc1cnc(-c2ccc(O)cc2)nc1. The molecular formula is C13H15N3O2. The van der Waals surface area contributed by atoms with Crippen molar-refractivity contribution in [2.75, 3.05) is 7.05 Å². The normalized spacial score (nSPS) is 12.1. The Morgan fingerprint density at radius 3 is 2.33 bits per heavy atom. The molecule has 0 fully saturated rings. The van der Waals surface area contributed by atoms with Crippen LogP contribution in [0, 0.1) is 0 Å². The van der Waals surface area contributed by atoms with E-state index >= 15 is 0 Å². The number of aromatic hydroxyl groups is 1. The van der Waals surface area contributed by atoms with E-state index in [2.05, 4.69) is 15.3 Å². The molecule has 0 spiro atoms. The highest BCUT2D eigenvalue weighted by Gasteiger charge is 2.04. The first kappa shape index (κ1) is 12.3. The van der Waals surface area contributed by atoms with E-state index < -0.39 is 0 Å². The topological polar surface area (TPSA) is 67.3 Å². The molecule has 1 aromatic heterocycles. The lowest BCUT2D eigenvalue weighted by atomic mass is 10.2. The number of hydrogen-bond acceptors (Lipinski definition) is 5. The van der Waals surface area contributed by atoms with Crippen molar-refractivity contribution in [3.05, 3.63) is 36.7 Å². The minimum Gasteiger partial charge on any atom is -0.508 e. The zero-order chi connectivity index (χ0) is 13.0. The third-order valence-electron chi connectivity index (χ3n) is 2.47. The molecule has 5 heteroatoms. The zero-order valence-electron chi connectivity index (χ0n) is 10.3. The number of ether oxygens (including phenoxy) is 1. The fourth-order valence-electron chi connectivity index (χ4n) is 1.40. The van der Waals surface area contributed by atoms with Crippen molar-refractivity contribution in [2.45, 2.75) is 13.2 Å². The van der Waals surface area contributed by atoms with E-state index in [1.54, 1.807) is 36.7 Å². The Balaban J connectivity index is 2.14. The van der Waals surface area contributed by atoms with Crippen molar-refractivity contribution in [2.24, 2.45) is 0 Å². The van der Waals surface area contributed by atoms with E-state index in [9.17, 15) is 5.11 Å². The summed E-state index contributed by atoms with van der Waals surface area (Å²) >= 11 is 0. The largest absolute Gasteiger partial charge is 0.508 e. The van der Waals surface area contributed by atoms with Crippen LogP contribution in [0.5, 0.6) is 11.5 Å². The van der Waals surface area contributed by atoms with Crippen LogP contribution in [-0.2, 0) is 0 Å². The lowest BCUT2D eigenvalue weighted by Gasteiger charge is -2.12. The summed E-state index contributed by atoms with van der Waals surface area (Å²) in [6, 6.07) is 6.74. The van der Waals surface area contributed by atoms with E-state index in [4.69, 9.17) is 4.74 Å². The minimum atomic E-state index is -0.0897. The van der Waals surface area contributed by atoms with Crippen molar-refractivity contribution in [3.63, 3.8) is 0 Å². The molecule has 94 valence electrons. The number of aromatic nitrogens is 2. The number of benzene rings is 1. The smallest absolute Gasteiger partial charge is 0.159 e. The Morgan fingerprint density at radius 2 is 1.78 bits per heavy atom. The van der Waals surface area contributed by atoms with Gasteiger partial charge in [0.1, 0.15) is 12.0 Å². The first-order chi connectivity index (χ1) is 8.69. The summed E-state index contributed by atoms with van der Waals surface area (Å²) in [4.78, 5) is 8.44. The first-order valence-electron chi connectivity index (χ1n) is 5.64. The Hall–Kier alpha value is -2.14. The maximum atomic E-state index is 9.21. The molecule has 0 bridgehead atoms. The number of phenols is 1. The predicted octanol–water partition coefficient (Wildman–Crippen LogP) is 1.79. The van der Waals surface area contributed by atoms with Crippen LogP contribution >= 0.6 is 0 Å². The lowest BCUT2D eigenvalue weighted by Crippen LogP contribution is -2.27. The van der Waals surface area contributed by atoms with Crippen LogP contribution in [0.3, 0.4) is 0 Å². The van der Waals surface area contributed by atoms with Crippen LogP contribution in [0.2, 0.25) is 0 Å². The average molecular weight is 245 g/mol. The van der Waals surface area contributed by atoms with E-state index in [0.717, 1.165) is 5.56 Å². The van der Waals surface area contributed by atoms with Crippen molar-refractivity contribution in [3.8, 4) is 22.9 Å². The molecular weight excluding hydrogens is 230 g/mol. The van der Waals surface area contributed by atoms with Crippen molar-refractivity contribution in [1.29, 1.82) is 0 Å². The Labute approximate surface area is 105 Å². The van der Waals surface area contributed by atoms with Crippen LogP contribution in [0.1, 0.15) is 6.92 Å². The third-order valence-corrected chi connectivity index (χ3v) is 2.47. The van der Waals surface area contributed by atoms with Crippen LogP contribution in [0.4, 0.5) is 0 Å². The van der Waals surface area contributed by atoms with Gasteiger partial charge in [0.05, 0.1) is 12.4 Å². The van der Waals surface area contributed by atoms with Gasteiger partial charge >= 0.3 is 0 Å². The molecule has 2 aromatic rings. The van der Waals surface area contributed by atoms with Gasteiger partial charge in [0.25, 0.3) is 0 Å². The number of nitrogens with zero attached hydrogens (tertiary/aromatic N) is 2. The van der Waals surface area contributed by atoms with Gasteiger partial charge in [-0.15, -0.1) is 0 Å². The third kappa shape index (κ3) is 2.95. The highest BCUT2D eigenvalue weighted by molar-refractivity contribution is 5.55. The molecule has 0 saturated carbocycles. The first-order valence-corrected chi connectivity index (χ1v) is 5.64. The molecule has 0 amide bonds. The molecule has 0 aliphatic heterocycles. The van der Waals surface area contributed by atoms with Gasteiger partial charge in [-0.1, -0.05) is 0 Å². The van der Waals surface area contributed by atoms with E-state index in [0.29, 0.717) is 11.6 Å². The fourth-order valence-corrected chi connectivity index (χ4v) is 1.40. The molecule has 5 nitrogen and oxygen atoms in total. The van der Waals surface area contributed by atoms with Crippen molar-refractivity contribution in [1.82, 2.24) is 15.3 Å². The number of hydrogen-bond donors (Lipinski definition) is 2. The molecule has 1 aromatic carbocycles. The predicted molar refractivity (Wildman–Crippen MR) is 68.3 cm³/mol. The summed E-state index contributed by atoms with van der Waals surface area (Å²) in [5.74, 6) is 1.43. The van der Waals surface area contributed by atoms with Gasteiger partial charge in [0.15, 0.2) is 11.6 Å². The summed E-state index contributed by atoms with van der Waals surface area (Å²) in [6.45, 7) is 1.90. The monoisotopic (exact) mass is 245 g/mol. The fraction of sp³-hybridized carbons (Fsp3) is 0.231. The average Bonchev–Trinajstić information content (AvgIpc) is 2.40. The molecule has 0 aliphatic carbocycles. The van der Waals surface area contributed by atoms with E-state index in [1.165, 1.54) is 0 Å². The molecule has 18 heavy (non-hydrogen) atoms. The summed E-state index contributed by atoms with van der Waals surface area (Å²) in [5, 5.41) is 12.2. The maximum Gasteiger partial charge on any atom is 0.159 e. The zero-order valence-corrected chi connectivity index (χ0v) is 10.3. The minimum absolute atomic E-state index is 0.0897. The number of phenolic OH excluding ortho intramolecular Hbond substituents is 1. The van der Waals surface area contributed by atoms with Gasteiger partial charge in [0.2, 0.25) is 0 Å². The van der Waals surface area contributed by atoms with Crippen LogP contribution in [0.15, 0.2) is 36.7 Å². The molecule has 1 heterocycles. The molecule has 0 saturated heterocycles. The maximum absolute atomic E-state index is 9.21. The lowest BCUT2D eigenvalue weighted by molar-refractivity contribution is 0.192. The summed E-state index contributed by atoms with van der Waals surface area (Å²) in [7, 11) is 1.82. The second kappa shape index (κ2) is 5.46. The summed E-state index contributed by atoms with van der Waals surface area (Å²) < 4.78 is 5.50. The van der Waals surface area contributed by atoms with E-state index in [1.807, 2.05) is 14.0 Å². The molecule has 0 aliphatic rings. The Morgan fingerprint density at radius 1 is 1.17 bits per heavy atom. The van der Waals surface area contributed by atoms with Crippen LogP contribution in [-0.4, -0.2) is 28.4 Å². The van der Waals surface area contributed by atoms with Gasteiger partial charge in [0, 0.05) is 5.56 Å². The molecule has 2 rings (SSSR count). The molecule has 0 radical (unpaired) electrons. The standard InChI is InChI=1S/C13H15N3O2/c1-9(14-2)18-12-7-15-13(16-8-12)10-3-5-11(17)6-4-10/h3-9,14,17H,1-2H3. The molecule has 1 unspecified atom stereocenters. The number of rotatable bonds is 4. The second-order valence-corrected chi connectivity index (χ2v) is 3.84. The van der Waals surface area contributed by atoms with E-state index in [-0.39, 0.29) is 12.0 Å². The van der Waals surface area contributed by atoms with Gasteiger partial charge in [-0.25, -0.2) is 9.97 Å². The molecule has 1 atom stereocenters. The highest BCUT2D eigenvalue weighted by Crippen LogP contribution is 2.19. The van der Waals surface area contributed by atoms with Crippen LogP contribution in [0.25, 0.3) is 11.4 Å². The van der Waals surface area contributed by atoms with Gasteiger partial charge < -0.3 is 9.84 Å². The van der Waals surface area contributed by atoms with Crippen LogP contribution < -0.4 is 10.1 Å². The highest BCUT2D eigenvalue weighted by atomic mass is 16.5. The van der Waals surface area contributed by atoms with Crippen molar-refractivity contribution < 1.29 is 9.84 Å². The summed E-state index contributed by atoms with van der Waals surface area (Å²) in [6.07, 6.45) is 3.17. The van der Waals surface area contributed by atoms with Gasteiger partial charge in [-0.3, -0.25) is 5.32 Å². The number of nitrogens with one attached hydrogen (secondary N) is 1. The van der Waals surface area contributed by atoms with Gasteiger partial charge in [-0.05, 0) is 38.2 Å². The van der Waals surface area contributed by atoms with Gasteiger partial charge in [-0.2, -0.15) is 0 Å².